The molecule has 0 bridgehead atoms. The number of hydrogen-bond acceptors (Lipinski definition) is 3. The molecule has 1 atom stereocenters. The van der Waals surface area contributed by atoms with Crippen LogP contribution in [0.1, 0.15) is 12.5 Å². The van der Waals surface area contributed by atoms with Crippen molar-refractivity contribution < 1.29 is 13.9 Å². The third-order valence-corrected chi connectivity index (χ3v) is 2.28. The van der Waals surface area contributed by atoms with Gasteiger partial charge in [0.05, 0.1) is 6.54 Å². The number of nitrogens with two attached hydrogens (primary N) is 1. The maximum atomic E-state index is 13.0. The average molecular weight is 250 g/mol. The molecule has 0 aromatic heterocycles. The van der Waals surface area contributed by atoms with Gasteiger partial charge in [0.15, 0.2) is 6.10 Å². The molecular formula is C13H15FN2O2. The van der Waals surface area contributed by atoms with E-state index in [4.69, 9.17) is 16.9 Å². The molecule has 0 heterocycles. The third kappa shape index (κ3) is 3.75. The molecule has 1 amide bonds. The fourth-order valence-electron chi connectivity index (χ4n) is 1.35. The van der Waals surface area contributed by atoms with Crippen LogP contribution in [0.3, 0.4) is 0 Å². The minimum Gasteiger partial charge on any atom is -0.481 e. The largest absolute Gasteiger partial charge is 0.481 e. The SMILES string of the molecule is C#CCNC(=O)C(C)Oc1ccc(F)cc1CN. The Morgan fingerprint density at radius 1 is 1.67 bits per heavy atom. The molecule has 5 heteroatoms. The van der Waals surface area contributed by atoms with Gasteiger partial charge in [-0.2, -0.15) is 0 Å². The number of carbonyl (C=O) groups is 1. The maximum absolute atomic E-state index is 13.0. The maximum Gasteiger partial charge on any atom is 0.261 e. The summed E-state index contributed by atoms with van der Waals surface area (Å²) in [5.74, 6) is 1.95. The van der Waals surface area contributed by atoms with Crippen molar-refractivity contribution >= 4 is 5.91 Å². The molecule has 0 saturated heterocycles. The highest BCUT2D eigenvalue weighted by molar-refractivity contribution is 5.80. The summed E-state index contributed by atoms with van der Waals surface area (Å²) in [6, 6.07) is 3.98. The van der Waals surface area contributed by atoms with Crippen molar-refractivity contribution in [2.45, 2.75) is 19.6 Å². The summed E-state index contributed by atoms with van der Waals surface area (Å²) in [7, 11) is 0. The lowest BCUT2D eigenvalue weighted by molar-refractivity contribution is -0.127. The minimum atomic E-state index is -0.728. The summed E-state index contributed by atoms with van der Waals surface area (Å²) >= 11 is 0. The molecular weight excluding hydrogens is 235 g/mol. The van der Waals surface area contributed by atoms with E-state index in [2.05, 4.69) is 11.2 Å². The molecule has 96 valence electrons. The van der Waals surface area contributed by atoms with Gasteiger partial charge in [0.25, 0.3) is 5.91 Å². The second-order valence-electron chi connectivity index (χ2n) is 3.64. The van der Waals surface area contributed by atoms with E-state index in [0.29, 0.717) is 11.3 Å². The summed E-state index contributed by atoms with van der Waals surface area (Å²) in [5.41, 5.74) is 5.98. The number of rotatable bonds is 5. The zero-order valence-corrected chi connectivity index (χ0v) is 10.1. The number of ether oxygens (including phenoxy) is 1. The Labute approximate surface area is 105 Å². The van der Waals surface area contributed by atoms with Crippen molar-refractivity contribution in [2.24, 2.45) is 5.73 Å². The Kier molecular flexibility index (Phi) is 5.15. The van der Waals surface area contributed by atoms with Crippen LogP contribution in [0.25, 0.3) is 0 Å². The number of carbonyl (C=O) groups excluding carboxylic acids is 1. The van der Waals surface area contributed by atoms with Gasteiger partial charge in [0, 0.05) is 12.1 Å². The Morgan fingerprint density at radius 3 is 3.00 bits per heavy atom. The Bertz CT molecular complexity index is 469. The minimum absolute atomic E-state index is 0.131. The highest BCUT2D eigenvalue weighted by atomic mass is 19.1. The van der Waals surface area contributed by atoms with Crippen LogP contribution in [0, 0.1) is 18.2 Å². The highest BCUT2D eigenvalue weighted by Gasteiger charge is 2.15. The van der Waals surface area contributed by atoms with Gasteiger partial charge < -0.3 is 15.8 Å². The molecule has 0 fully saturated rings. The van der Waals surface area contributed by atoms with Crippen molar-refractivity contribution in [3.05, 3.63) is 29.6 Å². The molecule has 1 unspecified atom stereocenters. The third-order valence-electron chi connectivity index (χ3n) is 2.28. The number of hydrogen-bond donors (Lipinski definition) is 2. The van der Waals surface area contributed by atoms with Crippen LogP contribution in [0.2, 0.25) is 0 Å². The van der Waals surface area contributed by atoms with Crippen LogP contribution in [-0.2, 0) is 11.3 Å². The zero-order valence-electron chi connectivity index (χ0n) is 10.1. The van der Waals surface area contributed by atoms with Gasteiger partial charge in [-0.1, -0.05) is 5.92 Å². The predicted molar refractivity (Wildman–Crippen MR) is 66.2 cm³/mol. The van der Waals surface area contributed by atoms with Crippen molar-refractivity contribution in [3.8, 4) is 18.1 Å². The molecule has 0 radical (unpaired) electrons. The molecule has 1 aromatic carbocycles. The van der Waals surface area contributed by atoms with E-state index in [0.717, 1.165) is 0 Å². The standard InChI is InChI=1S/C13H15FN2O2/c1-3-6-16-13(17)9(2)18-12-5-4-11(14)7-10(12)8-15/h1,4-5,7,9H,6,8,15H2,2H3,(H,16,17). The summed E-state index contributed by atoms with van der Waals surface area (Å²) in [6.45, 7) is 1.85. The fourth-order valence-corrected chi connectivity index (χ4v) is 1.35. The molecule has 0 aliphatic carbocycles. The zero-order chi connectivity index (χ0) is 13.5. The summed E-state index contributed by atoms with van der Waals surface area (Å²) in [5, 5.41) is 2.50. The number of amides is 1. The van der Waals surface area contributed by atoms with Crippen LogP contribution in [0.4, 0.5) is 4.39 Å². The van der Waals surface area contributed by atoms with E-state index in [-0.39, 0.29) is 19.0 Å². The van der Waals surface area contributed by atoms with E-state index in [1.807, 2.05) is 0 Å². The van der Waals surface area contributed by atoms with Gasteiger partial charge in [0.2, 0.25) is 0 Å². The Morgan fingerprint density at radius 2 is 2.39 bits per heavy atom. The smallest absolute Gasteiger partial charge is 0.261 e. The lowest BCUT2D eigenvalue weighted by Gasteiger charge is -2.16. The van der Waals surface area contributed by atoms with Gasteiger partial charge in [-0.05, 0) is 25.1 Å². The number of benzene rings is 1. The molecule has 0 saturated carbocycles. The van der Waals surface area contributed by atoms with Crippen LogP contribution >= 0.6 is 0 Å². The van der Waals surface area contributed by atoms with E-state index in [9.17, 15) is 9.18 Å². The quantitative estimate of drug-likeness (QED) is 0.760. The van der Waals surface area contributed by atoms with Crippen molar-refractivity contribution in [2.75, 3.05) is 6.54 Å². The Hall–Kier alpha value is -2.06. The lowest BCUT2D eigenvalue weighted by atomic mass is 10.2. The van der Waals surface area contributed by atoms with Crippen LogP contribution in [0.15, 0.2) is 18.2 Å². The number of nitrogens with one attached hydrogen (secondary N) is 1. The predicted octanol–water partition coefficient (Wildman–Crippen LogP) is 0.801. The topological polar surface area (TPSA) is 64.3 Å². The second kappa shape index (κ2) is 6.62. The second-order valence-corrected chi connectivity index (χ2v) is 3.64. The molecule has 18 heavy (non-hydrogen) atoms. The average Bonchev–Trinajstić information content (AvgIpc) is 2.37. The summed E-state index contributed by atoms with van der Waals surface area (Å²) in [6.07, 6.45) is 4.30. The van der Waals surface area contributed by atoms with Gasteiger partial charge >= 0.3 is 0 Å². The molecule has 1 rings (SSSR count). The molecule has 4 nitrogen and oxygen atoms in total. The first-order valence-corrected chi connectivity index (χ1v) is 5.44. The first kappa shape index (κ1) is 14.0. The summed E-state index contributed by atoms with van der Waals surface area (Å²) < 4.78 is 18.4. The van der Waals surface area contributed by atoms with E-state index in [1.165, 1.54) is 18.2 Å². The van der Waals surface area contributed by atoms with Crippen molar-refractivity contribution in [3.63, 3.8) is 0 Å². The van der Waals surface area contributed by atoms with Gasteiger partial charge in [0.1, 0.15) is 11.6 Å². The van der Waals surface area contributed by atoms with Gasteiger partial charge in [-0.15, -0.1) is 6.42 Å². The fraction of sp³-hybridized carbons (Fsp3) is 0.308. The molecule has 0 aliphatic heterocycles. The van der Waals surface area contributed by atoms with E-state index >= 15 is 0 Å². The van der Waals surface area contributed by atoms with E-state index in [1.54, 1.807) is 6.92 Å². The number of halogens is 1. The van der Waals surface area contributed by atoms with Crippen molar-refractivity contribution in [1.82, 2.24) is 5.32 Å². The summed E-state index contributed by atoms with van der Waals surface area (Å²) in [4.78, 5) is 11.5. The molecule has 3 N–H and O–H groups in total. The first-order chi connectivity index (χ1) is 8.58. The number of terminal acetylenes is 1. The van der Waals surface area contributed by atoms with Gasteiger partial charge in [-0.3, -0.25) is 4.79 Å². The van der Waals surface area contributed by atoms with Crippen LogP contribution < -0.4 is 15.8 Å². The monoisotopic (exact) mass is 250 g/mol. The highest BCUT2D eigenvalue weighted by Crippen LogP contribution is 2.20. The normalized spacial score (nSPS) is 11.4. The molecule has 1 aromatic rings. The molecule has 0 aliphatic rings. The van der Waals surface area contributed by atoms with E-state index < -0.39 is 11.9 Å². The lowest BCUT2D eigenvalue weighted by Crippen LogP contribution is -2.36. The van der Waals surface area contributed by atoms with Crippen LogP contribution in [-0.4, -0.2) is 18.6 Å². The van der Waals surface area contributed by atoms with Crippen LogP contribution in [0.5, 0.6) is 5.75 Å². The van der Waals surface area contributed by atoms with Crippen molar-refractivity contribution in [1.29, 1.82) is 0 Å². The van der Waals surface area contributed by atoms with Gasteiger partial charge in [-0.25, -0.2) is 4.39 Å². The first-order valence-electron chi connectivity index (χ1n) is 5.44. The Balaban J connectivity index is 2.72. The molecule has 0 spiro atoms.